The summed E-state index contributed by atoms with van der Waals surface area (Å²) >= 11 is 5.91. The smallest absolute Gasteiger partial charge is 0.344 e. The van der Waals surface area contributed by atoms with E-state index in [1.54, 1.807) is 43.3 Å². The number of aliphatic imine (C=N–C) groups is 1. The van der Waals surface area contributed by atoms with Crippen molar-refractivity contribution in [2.24, 2.45) is 4.99 Å². The van der Waals surface area contributed by atoms with Crippen LogP contribution in [0.5, 0.6) is 5.75 Å². The molecule has 1 aliphatic rings. The van der Waals surface area contributed by atoms with Crippen LogP contribution in [0.2, 0.25) is 5.02 Å². The van der Waals surface area contributed by atoms with Gasteiger partial charge in [0, 0.05) is 42.2 Å². The molecule has 2 heterocycles. The van der Waals surface area contributed by atoms with Crippen molar-refractivity contribution in [3.63, 3.8) is 0 Å². The van der Waals surface area contributed by atoms with E-state index in [0.29, 0.717) is 22.0 Å². The predicted molar refractivity (Wildman–Crippen MR) is 144 cm³/mol. The first-order chi connectivity index (χ1) is 18.3. The fraction of sp³-hybridized carbons (Fsp3) is 0.250. The van der Waals surface area contributed by atoms with Gasteiger partial charge in [0.05, 0.1) is 30.3 Å². The van der Waals surface area contributed by atoms with Crippen LogP contribution >= 0.6 is 11.6 Å². The summed E-state index contributed by atoms with van der Waals surface area (Å²) in [5.74, 6) is -0.0267. The van der Waals surface area contributed by atoms with Crippen LogP contribution in [-0.4, -0.2) is 66.7 Å². The maximum absolute atomic E-state index is 13.3. The van der Waals surface area contributed by atoms with Gasteiger partial charge in [0.2, 0.25) is 0 Å². The zero-order valence-electron chi connectivity index (χ0n) is 21.1. The molecule has 0 saturated heterocycles. The van der Waals surface area contributed by atoms with Crippen molar-refractivity contribution in [1.29, 1.82) is 0 Å². The fourth-order valence-electron chi connectivity index (χ4n) is 3.88. The molecule has 0 spiro atoms. The third-order valence-electron chi connectivity index (χ3n) is 5.80. The van der Waals surface area contributed by atoms with Crippen molar-refractivity contribution in [3.8, 4) is 5.75 Å². The minimum atomic E-state index is -0.527. The topological polar surface area (TPSA) is 110 Å². The van der Waals surface area contributed by atoms with Gasteiger partial charge in [-0.05, 0) is 49.4 Å². The van der Waals surface area contributed by atoms with Gasteiger partial charge >= 0.3 is 5.97 Å². The number of amidine groups is 1. The number of aromatic nitrogens is 1. The number of hydrogen-bond acceptors (Lipinski definition) is 8. The van der Waals surface area contributed by atoms with E-state index in [-0.39, 0.29) is 42.6 Å². The average Bonchev–Trinajstić information content (AvgIpc) is 3.35. The van der Waals surface area contributed by atoms with Crippen molar-refractivity contribution in [1.82, 2.24) is 9.88 Å². The van der Waals surface area contributed by atoms with Crippen molar-refractivity contribution < 1.29 is 23.9 Å². The lowest BCUT2D eigenvalue weighted by Crippen LogP contribution is -2.23. The molecular weight excluding hydrogens is 508 g/mol. The lowest BCUT2D eigenvalue weighted by molar-refractivity contribution is -0.145. The van der Waals surface area contributed by atoms with Crippen molar-refractivity contribution in [2.45, 2.75) is 13.3 Å². The van der Waals surface area contributed by atoms with Gasteiger partial charge < -0.3 is 19.7 Å². The van der Waals surface area contributed by atoms with Crippen molar-refractivity contribution in [2.75, 3.05) is 38.7 Å². The van der Waals surface area contributed by atoms with E-state index in [9.17, 15) is 14.4 Å². The Morgan fingerprint density at radius 1 is 1.08 bits per heavy atom. The summed E-state index contributed by atoms with van der Waals surface area (Å²) in [5.41, 5.74) is 2.40. The molecule has 0 bridgehead atoms. The summed E-state index contributed by atoms with van der Waals surface area (Å²) in [6.07, 6.45) is 1.44. The molecule has 0 atom stereocenters. The highest BCUT2D eigenvalue weighted by Gasteiger charge is 2.19. The number of hydrogen-bond donors (Lipinski definition) is 1. The van der Waals surface area contributed by atoms with Crippen LogP contribution in [0.1, 0.15) is 38.9 Å². The van der Waals surface area contributed by atoms with Crippen LogP contribution in [-0.2, 0) is 16.0 Å². The summed E-state index contributed by atoms with van der Waals surface area (Å²) in [5, 5.41) is 3.28. The molecular formula is C28H27ClN4O5. The number of nitrogens with one attached hydrogen (secondary N) is 1. The monoisotopic (exact) mass is 534 g/mol. The van der Waals surface area contributed by atoms with Gasteiger partial charge in [0.15, 0.2) is 12.4 Å². The second-order valence-corrected chi connectivity index (χ2v) is 8.96. The van der Waals surface area contributed by atoms with Gasteiger partial charge in [0.1, 0.15) is 11.6 Å². The number of benzene rings is 2. The van der Waals surface area contributed by atoms with Crippen LogP contribution in [0.4, 0.5) is 5.69 Å². The van der Waals surface area contributed by atoms with E-state index in [0.717, 1.165) is 24.5 Å². The predicted octanol–water partition coefficient (Wildman–Crippen LogP) is 4.05. The Morgan fingerprint density at radius 2 is 1.87 bits per heavy atom. The number of carbonyl (C=O) groups is 3. The summed E-state index contributed by atoms with van der Waals surface area (Å²) in [7, 11) is 1.98. The Kier molecular flexibility index (Phi) is 8.70. The van der Waals surface area contributed by atoms with E-state index < -0.39 is 5.97 Å². The number of halogens is 1. The Bertz CT molecular complexity index is 1360. The lowest BCUT2D eigenvalue weighted by atomic mass is 10.0. The molecule has 0 radical (unpaired) electrons. The summed E-state index contributed by atoms with van der Waals surface area (Å²) in [6.45, 7) is 3.23. The Hall–Kier alpha value is -4.24. The number of nitrogens with zero attached hydrogens (tertiary/aromatic N) is 3. The average molecular weight is 535 g/mol. The molecule has 38 heavy (non-hydrogen) atoms. The molecule has 3 aromatic rings. The quantitative estimate of drug-likeness (QED) is 0.308. The molecule has 2 aromatic carbocycles. The summed E-state index contributed by atoms with van der Waals surface area (Å²) in [6, 6.07) is 15.1. The van der Waals surface area contributed by atoms with E-state index in [4.69, 9.17) is 21.1 Å². The molecule has 10 heteroatoms. The number of carbonyl (C=O) groups excluding carboxylic acids is 3. The van der Waals surface area contributed by atoms with Gasteiger partial charge in [-0.1, -0.05) is 23.7 Å². The summed E-state index contributed by atoms with van der Waals surface area (Å²) < 4.78 is 10.4. The van der Waals surface area contributed by atoms with Crippen LogP contribution in [0.25, 0.3) is 0 Å². The fourth-order valence-corrected chi connectivity index (χ4v) is 3.99. The Morgan fingerprint density at radius 3 is 2.53 bits per heavy atom. The highest BCUT2D eigenvalue weighted by atomic mass is 35.5. The van der Waals surface area contributed by atoms with E-state index in [1.807, 2.05) is 19.2 Å². The van der Waals surface area contributed by atoms with Crippen LogP contribution in [0.3, 0.4) is 0 Å². The molecule has 0 aliphatic carbocycles. The van der Waals surface area contributed by atoms with Crippen molar-refractivity contribution >= 4 is 40.8 Å². The molecule has 0 saturated carbocycles. The largest absolute Gasteiger partial charge is 0.482 e. The molecule has 0 fully saturated rings. The molecule has 9 nitrogen and oxygen atoms in total. The summed E-state index contributed by atoms with van der Waals surface area (Å²) in [4.78, 5) is 48.8. The second kappa shape index (κ2) is 12.3. The minimum Gasteiger partial charge on any atom is -0.482 e. The number of ether oxygens (including phenoxy) is 2. The molecule has 1 amide bonds. The van der Waals surface area contributed by atoms with Crippen LogP contribution in [0, 0.1) is 0 Å². The number of rotatable bonds is 10. The first-order valence-electron chi connectivity index (χ1n) is 12.1. The first-order valence-corrected chi connectivity index (χ1v) is 12.5. The molecule has 196 valence electrons. The lowest BCUT2D eigenvalue weighted by Gasteiger charge is -2.15. The van der Waals surface area contributed by atoms with Crippen LogP contribution in [0.15, 0.2) is 65.8 Å². The maximum atomic E-state index is 13.3. The number of pyridine rings is 1. The minimum absolute atomic E-state index is 0.0221. The number of likely N-dealkylation sites (N-methyl/N-ethyl adjacent to an activating group) is 1. The zero-order valence-corrected chi connectivity index (χ0v) is 21.8. The molecule has 0 unspecified atom stereocenters. The molecule has 1 aromatic heterocycles. The van der Waals surface area contributed by atoms with E-state index in [1.165, 1.54) is 12.3 Å². The number of esters is 1. The normalized spacial score (nSPS) is 12.6. The highest BCUT2D eigenvalue weighted by Crippen LogP contribution is 2.25. The zero-order chi connectivity index (χ0) is 27.1. The van der Waals surface area contributed by atoms with Gasteiger partial charge in [-0.15, -0.1) is 0 Å². The third-order valence-corrected chi connectivity index (χ3v) is 6.02. The Balaban J connectivity index is 1.54. The van der Waals surface area contributed by atoms with E-state index in [2.05, 4.69) is 20.2 Å². The molecule has 1 aliphatic heterocycles. The third kappa shape index (κ3) is 6.74. The number of anilines is 1. The first kappa shape index (κ1) is 26.8. The standard InChI is InChI=1S/C28H27ClN4O5/c1-3-37-26(35)17-38-22-10-11-24(23(15-22)25(34)14-21-9-8-20(29)16-31-21)32-28(36)19-6-4-18(5-7-19)27-30-12-13-33(27)2/h4-11,15-16H,3,12-14,17H2,1-2H3,(H,32,36). The van der Waals surface area contributed by atoms with Gasteiger partial charge in [-0.2, -0.15) is 0 Å². The maximum Gasteiger partial charge on any atom is 0.344 e. The number of amides is 1. The van der Waals surface area contributed by atoms with Crippen molar-refractivity contribution in [3.05, 3.63) is 88.2 Å². The van der Waals surface area contributed by atoms with Crippen LogP contribution < -0.4 is 10.1 Å². The van der Waals surface area contributed by atoms with Gasteiger partial charge in [0.25, 0.3) is 5.91 Å². The molecule has 4 rings (SSSR count). The number of ketones is 1. The Labute approximate surface area is 225 Å². The second-order valence-electron chi connectivity index (χ2n) is 8.53. The molecule has 1 N–H and O–H groups in total. The highest BCUT2D eigenvalue weighted by molar-refractivity contribution is 6.30. The van der Waals surface area contributed by atoms with Gasteiger partial charge in [-0.3, -0.25) is 19.6 Å². The van der Waals surface area contributed by atoms with E-state index >= 15 is 0 Å². The number of Topliss-reactive ketones (excluding diaryl/α,β-unsaturated/α-hetero) is 1. The SMILES string of the molecule is CCOC(=O)COc1ccc(NC(=O)c2ccc(C3=NCCN3C)cc2)c(C(=O)Cc2ccc(Cl)cn2)c1. The van der Waals surface area contributed by atoms with Gasteiger partial charge in [-0.25, -0.2) is 4.79 Å².